The van der Waals surface area contributed by atoms with Gasteiger partial charge >= 0.3 is 0 Å². The smallest absolute Gasteiger partial charge is 0.129 e. The number of halogens is 2. The predicted molar refractivity (Wildman–Crippen MR) is 70.9 cm³/mol. The highest BCUT2D eigenvalue weighted by molar-refractivity contribution is 6.31. The highest BCUT2D eigenvalue weighted by Crippen LogP contribution is 2.20. The molecule has 4 heteroatoms. The van der Waals surface area contributed by atoms with E-state index in [1.54, 1.807) is 24.5 Å². The molecule has 2 nitrogen and oxygen atoms in total. The lowest BCUT2D eigenvalue weighted by Crippen LogP contribution is -2.19. The van der Waals surface area contributed by atoms with E-state index in [4.69, 9.17) is 11.6 Å². The molecule has 0 amide bonds. The Morgan fingerprint density at radius 2 is 2.17 bits per heavy atom. The zero-order chi connectivity index (χ0) is 13.0. The largest absolute Gasteiger partial charge is 0.306 e. The van der Waals surface area contributed by atoms with E-state index >= 15 is 0 Å². The second kappa shape index (κ2) is 5.94. The van der Waals surface area contributed by atoms with Crippen LogP contribution < -0.4 is 5.32 Å². The van der Waals surface area contributed by atoms with Crippen molar-refractivity contribution in [2.75, 3.05) is 0 Å². The van der Waals surface area contributed by atoms with Gasteiger partial charge in [0.05, 0.1) is 0 Å². The normalized spacial score (nSPS) is 12.4. The van der Waals surface area contributed by atoms with Gasteiger partial charge in [0, 0.05) is 35.6 Å². The van der Waals surface area contributed by atoms with Crippen molar-refractivity contribution in [3.8, 4) is 0 Å². The van der Waals surface area contributed by atoms with Crippen molar-refractivity contribution in [3.05, 3.63) is 64.7 Å². The molecule has 1 N–H and O–H groups in total. The Hall–Kier alpha value is -1.45. The van der Waals surface area contributed by atoms with E-state index < -0.39 is 0 Å². The fourth-order valence-electron chi connectivity index (χ4n) is 1.71. The molecule has 2 aromatic rings. The van der Waals surface area contributed by atoms with E-state index in [9.17, 15) is 4.39 Å². The third kappa shape index (κ3) is 3.06. The summed E-state index contributed by atoms with van der Waals surface area (Å²) in [5.41, 5.74) is 1.56. The molecule has 0 unspecified atom stereocenters. The molecule has 94 valence electrons. The Balaban J connectivity index is 2.04. The Bertz CT molecular complexity index is 496. The summed E-state index contributed by atoms with van der Waals surface area (Å²) in [6.07, 6.45) is 3.52. The van der Waals surface area contributed by atoms with Crippen molar-refractivity contribution in [1.82, 2.24) is 10.3 Å². The first-order chi connectivity index (χ1) is 8.68. The SMILES string of the molecule is C[C@H](NCc1c(F)cccc1Cl)c1cccnc1. The van der Waals surface area contributed by atoms with Gasteiger partial charge in [-0.25, -0.2) is 4.39 Å². The van der Waals surface area contributed by atoms with Gasteiger partial charge in [-0.3, -0.25) is 4.98 Å². The van der Waals surface area contributed by atoms with Crippen molar-refractivity contribution in [3.63, 3.8) is 0 Å². The maximum atomic E-state index is 13.6. The Kier molecular flexibility index (Phi) is 4.28. The Morgan fingerprint density at radius 3 is 2.83 bits per heavy atom. The van der Waals surface area contributed by atoms with E-state index in [0.29, 0.717) is 17.1 Å². The number of hydrogen-bond donors (Lipinski definition) is 1. The number of nitrogens with zero attached hydrogens (tertiary/aromatic N) is 1. The van der Waals surface area contributed by atoms with Gasteiger partial charge in [-0.2, -0.15) is 0 Å². The van der Waals surface area contributed by atoms with Crippen molar-refractivity contribution in [1.29, 1.82) is 0 Å². The van der Waals surface area contributed by atoms with E-state index in [1.807, 2.05) is 19.1 Å². The third-order valence-corrected chi connectivity index (χ3v) is 3.19. The lowest BCUT2D eigenvalue weighted by atomic mass is 10.1. The van der Waals surface area contributed by atoms with Crippen LogP contribution in [0.4, 0.5) is 4.39 Å². The van der Waals surface area contributed by atoms with Gasteiger partial charge in [-0.05, 0) is 30.7 Å². The molecule has 0 saturated heterocycles. The van der Waals surface area contributed by atoms with Crippen LogP contribution in [0.3, 0.4) is 0 Å². The summed E-state index contributed by atoms with van der Waals surface area (Å²) in [5.74, 6) is -0.284. The number of aromatic nitrogens is 1. The summed E-state index contributed by atoms with van der Waals surface area (Å²) < 4.78 is 13.6. The monoisotopic (exact) mass is 264 g/mol. The third-order valence-electron chi connectivity index (χ3n) is 2.83. The molecule has 0 spiro atoms. The van der Waals surface area contributed by atoms with Gasteiger partial charge in [-0.15, -0.1) is 0 Å². The standard InChI is InChI=1S/C14H14ClFN2/c1-10(11-4-3-7-17-8-11)18-9-12-13(15)5-2-6-14(12)16/h2-8,10,18H,9H2,1H3/t10-/m0/s1. The number of pyridine rings is 1. The van der Waals surface area contributed by atoms with Crippen LogP contribution in [0.15, 0.2) is 42.7 Å². The Morgan fingerprint density at radius 1 is 1.33 bits per heavy atom. The number of hydrogen-bond acceptors (Lipinski definition) is 2. The first-order valence-corrected chi connectivity index (χ1v) is 6.12. The van der Waals surface area contributed by atoms with Gasteiger partial charge in [0.1, 0.15) is 5.82 Å². The molecule has 0 aliphatic heterocycles. The maximum absolute atomic E-state index is 13.6. The molecule has 0 fully saturated rings. The maximum Gasteiger partial charge on any atom is 0.129 e. The van der Waals surface area contributed by atoms with Crippen LogP contribution in [0, 0.1) is 5.82 Å². The van der Waals surface area contributed by atoms with Crippen LogP contribution in [0.2, 0.25) is 5.02 Å². The van der Waals surface area contributed by atoms with E-state index in [0.717, 1.165) is 5.56 Å². The number of rotatable bonds is 4. The van der Waals surface area contributed by atoms with Gasteiger partial charge in [0.25, 0.3) is 0 Å². The lowest BCUT2D eigenvalue weighted by Gasteiger charge is -2.14. The van der Waals surface area contributed by atoms with Crippen LogP contribution >= 0.6 is 11.6 Å². The second-order valence-electron chi connectivity index (χ2n) is 4.09. The lowest BCUT2D eigenvalue weighted by molar-refractivity contribution is 0.543. The minimum absolute atomic E-state index is 0.0920. The predicted octanol–water partition coefficient (Wildman–Crippen LogP) is 3.72. The quantitative estimate of drug-likeness (QED) is 0.910. The molecular formula is C14H14ClFN2. The summed E-state index contributed by atoms with van der Waals surface area (Å²) >= 11 is 5.97. The van der Waals surface area contributed by atoms with Crippen LogP contribution in [0.25, 0.3) is 0 Å². The summed E-state index contributed by atoms with van der Waals surface area (Å²) in [6, 6.07) is 8.66. The molecular weight excluding hydrogens is 251 g/mol. The zero-order valence-electron chi connectivity index (χ0n) is 10.0. The van der Waals surface area contributed by atoms with E-state index in [1.165, 1.54) is 6.07 Å². The Labute approximate surface area is 111 Å². The molecule has 2 rings (SSSR count). The average Bonchev–Trinajstić information content (AvgIpc) is 2.39. The second-order valence-corrected chi connectivity index (χ2v) is 4.50. The molecule has 0 aliphatic carbocycles. The van der Waals surface area contributed by atoms with Crippen molar-refractivity contribution < 1.29 is 4.39 Å². The first kappa shape index (κ1) is 13.0. The van der Waals surface area contributed by atoms with Gasteiger partial charge in [0.2, 0.25) is 0 Å². The summed E-state index contributed by atoms with van der Waals surface area (Å²) in [7, 11) is 0. The van der Waals surface area contributed by atoms with Crippen LogP contribution in [0.1, 0.15) is 24.1 Å². The molecule has 0 saturated carbocycles. The van der Waals surface area contributed by atoms with E-state index in [-0.39, 0.29) is 11.9 Å². The number of benzene rings is 1. The van der Waals surface area contributed by atoms with Crippen LogP contribution in [-0.4, -0.2) is 4.98 Å². The van der Waals surface area contributed by atoms with E-state index in [2.05, 4.69) is 10.3 Å². The molecule has 1 aromatic heterocycles. The molecule has 0 bridgehead atoms. The molecule has 1 heterocycles. The highest BCUT2D eigenvalue weighted by atomic mass is 35.5. The van der Waals surface area contributed by atoms with Crippen LogP contribution in [0.5, 0.6) is 0 Å². The van der Waals surface area contributed by atoms with Gasteiger partial charge < -0.3 is 5.32 Å². The van der Waals surface area contributed by atoms with Crippen molar-refractivity contribution >= 4 is 11.6 Å². The molecule has 0 radical (unpaired) electrons. The summed E-state index contributed by atoms with van der Waals surface area (Å²) in [6.45, 7) is 2.40. The van der Waals surface area contributed by atoms with Crippen LogP contribution in [-0.2, 0) is 6.54 Å². The highest BCUT2D eigenvalue weighted by Gasteiger charge is 2.09. The summed E-state index contributed by atoms with van der Waals surface area (Å²) in [5, 5.41) is 3.68. The van der Waals surface area contributed by atoms with Gasteiger partial charge in [0.15, 0.2) is 0 Å². The van der Waals surface area contributed by atoms with Crippen molar-refractivity contribution in [2.45, 2.75) is 19.5 Å². The molecule has 18 heavy (non-hydrogen) atoms. The minimum atomic E-state index is -0.284. The number of nitrogens with one attached hydrogen (secondary N) is 1. The average molecular weight is 265 g/mol. The fourth-order valence-corrected chi connectivity index (χ4v) is 1.94. The first-order valence-electron chi connectivity index (χ1n) is 5.74. The summed E-state index contributed by atoms with van der Waals surface area (Å²) in [4.78, 5) is 4.06. The van der Waals surface area contributed by atoms with Crippen molar-refractivity contribution in [2.24, 2.45) is 0 Å². The zero-order valence-corrected chi connectivity index (χ0v) is 10.8. The van der Waals surface area contributed by atoms with Gasteiger partial charge in [-0.1, -0.05) is 23.7 Å². The molecule has 1 aromatic carbocycles. The minimum Gasteiger partial charge on any atom is -0.306 e. The molecule has 0 aliphatic rings. The molecule has 1 atom stereocenters. The fraction of sp³-hybridized carbons (Fsp3) is 0.214. The topological polar surface area (TPSA) is 24.9 Å².